The number of hydrogen-bond donors (Lipinski definition) is 1. The summed E-state index contributed by atoms with van der Waals surface area (Å²) >= 11 is 0. The van der Waals surface area contributed by atoms with E-state index in [1.54, 1.807) is 0 Å². The van der Waals surface area contributed by atoms with Crippen LogP contribution in [0.2, 0.25) is 0 Å². The van der Waals surface area contributed by atoms with E-state index in [0.29, 0.717) is 18.3 Å². The van der Waals surface area contributed by atoms with Gasteiger partial charge < -0.3 is 10.6 Å². The summed E-state index contributed by atoms with van der Waals surface area (Å²) in [5, 5.41) is 0. The standard InChI is InChI=1S/C12H23N3O/c1-5-9(4)8-12(6-2)10(13)14-11(16)15(12)7-3/h9H,5-8H2,1-4H3,(H2,13,14,16). The van der Waals surface area contributed by atoms with Crippen LogP contribution in [0.4, 0.5) is 4.79 Å². The molecule has 0 aromatic carbocycles. The van der Waals surface area contributed by atoms with E-state index in [9.17, 15) is 4.79 Å². The van der Waals surface area contributed by atoms with Crippen molar-refractivity contribution < 1.29 is 4.79 Å². The van der Waals surface area contributed by atoms with Gasteiger partial charge in [-0.2, -0.15) is 4.99 Å². The molecule has 2 unspecified atom stereocenters. The van der Waals surface area contributed by atoms with Gasteiger partial charge in [-0.05, 0) is 25.7 Å². The summed E-state index contributed by atoms with van der Waals surface area (Å²) in [5.41, 5.74) is 5.64. The minimum Gasteiger partial charge on any atom is -0.385 e. The molecule has 4 heteroatoms. The summed E-state index contributed by atoms with van der Waals surface area (Å²) in [6.45, 7) is 9.09. The molecule has 2 N–H and O–H groups in total. The molecule has 0 saturated heterocycles. The van der Waals surface area contributed by atoms with E-state index in [1.807, 2.05) is 11.8 Å². The van der Waals surface area contributed by atoms with Crippen LogP contribution in [0.25, 0.3) is 0 Å². The Bertz CT molecular complexity index is 301. The summed E-state index contributed by atoms with van der Waals surface area (Å²) in [6, 6.07) is -0.176. The van der Waals surface area contributed by atoms with E-state index in [-0.39, 0.29) is 11.6 Å². The van der Waals surface area contributed by atoms with Gasteiger partial charge in [0, 0.05) is 6.54 Å². The van der Waals surface area contributed by atoms with Crippen LogP contribution in [0.3, 0.4) is 0 Å². The molecular weight excluding hydrogens is 202 g/mol. The molecule has 0 aromatic heterocycles. The predicted molar refractivity (Wildman–Crippen MR) is 66.5 cm³/mol. The minimum absolute atomic E-state index is 0.176. The van der Waals surface area contributed by atoms with E-state index in [1.165, 1.54) is 0 Å². The van der Waals surface area contributed by atoms with Crippen LogP contribution < -0.4 is 5.73 Å². The zero-order chi connectivity index (χ0) is 12.3. The molecule has 2 amide bonds. The van der Waals surface area contributed by atoms with Gasteiger partial charge in [0.25, 0.3) is 0 Å². The zero-order valence-electron chi connectivity index (χ0n) is 10.8. The SMILES string of the molecule is CCC(C)CC1(CC)C(N)=NC(=O)N1CC. The summed E-state index contributed by atoms with van der Waals surface area (Å²) in [6.07, 6.45) is 2.85. The molecule has 1 heterocycles. The number of carbonyl (C=O) groups excluding carboxylic acids is 1. The number of amides is 2. The van der Waals surface area contributed by atoms with Crippen molar-refractivity contribution in [2.45, 2.75) is 52.5 Å². The van der Waals surface area contributed by atoms with Gasteiger partial charge in [-0.15, -0.1) is 0 Å². The van der Waals surface area contributed by atoms with Crippen molar-refractivity contribution in [1.82, 2.24) is 4.90 Å². The smallest absolute Gasteiger partial charge is 0.346 e. The Morgan fingerprint density at radius 1 is 1.44 bits per heavy atom. The number of aliphatic imine (C=N–C) groups is 1. The molecule has 0 fully saturated rings. The third kappa shape index (κ3) is 1.93. The fourth-order valence-corrected chi connectivity index (χ4v) is 2.48. The Morgan fingerprint density at radius 3 is 2.50 bits per heavy atom. The highest BCUT2D eigenvalue weighted by atomic mass is 16.2. The number of nitrogens with two attached hydrogens (primary N) is 1. The van der Waals surface area contributed by atoms with Crippen molar-refractivity contribution in [1.29, 1.82) is 0 Å². The quantitative estimate of drug-likeness (QED) is 0.781. The van der Waals surface area contributed by atoms with Crippen molar-refractivity contribution in [2.75, 3.05) is 6.54 Å². The van der Waals surface area contributed by atoms with Crippen LogP contribution in [0, 0.1) is 5.92 Å². The Labute approximate surface area is 97.9 Å². The van der Waals surface area contributed by atoms with E-state index in [2.05, 4.69) is 25.8 Å². The molecular formula is C12H23N3O. The molecule has 0 bridgehead atoms. The average Bonchev–Trinajstić information content (AvgIpc) is 2.50. The summed E-state index contributed by atoms with van der Waals surface area (Å²) in [5.74, 6) is 1.05. The maximum Gasteiger partial charge on any atom is 0.346 e. The molecule has 2 atom stereocenters. The molecule has 0 aromatic rings. The van der Waals surface area contributed by atoms with E-state index < -0.39 is 0 Å². The Kier molecular flexibility index (Phi) is 3.94. The second kappa shape index (κ2) is 4.85. The largest absolute Gasteiger partial charge is 0.385 e. The maximum atomic E-state index is 11.7. The number of likely N-dealkylation sites (N-methyl/N-ethyl adjacent to an activating group) is 1. The second-order valence-electron chi connectivity index (χ2n) is 4.63. The van der Waals surface area contributed by atoms with Crippen molar-refractivity contribution in [3.05, 3.63) is 0 Å². The highest BCUT2D eigenvalue weighted by Gasteiger charge is 2.46. The van der Waals surface area contributed by atoms with Crippen molar-refractivity contribution in [3.63, 3.8) is 0 Å². The maximum absolute atomic E-state index is 11.7. The van der Waals surface area contributed by atoms with E-state index in [0.717, 1.165) is 19.3 Å². The topological polar surface area (TPSA) is 58.7 Å². The zero-order valence-corrected chi connectivity index (χ0v) is 10.8. The summed E-state index contributed by atoms with van der Waals surface area (Å²) < 4.78 is 0. The Morgan fingerprint density at radius 2 is 2.06 bits per heavy atom. The van der Waals surface area contributed by atoms with Gasteiger partial charge in [-0.25, -0.2) is 4.79 Å². The third-order valence-electron chi connectivity index (χ3n) is 3.72. The number of amidine groups is 1. The molecule has 4 nitrogen and oxygen atoms in total. The fourth-order valence-electron chi connectivity index (χ4n) is 2.48. The van der Waals surface area contributed by atoms with Gasteiger partial charge in [-0.3, -0.25) is 0 Å². The van der Waals surface area contributed by atoms with E-state index in [4.69, 9.17) is 5.73 Å². The van der Waals surface area contributed by atoms with Crippen LogP contribution >= 0.6 is 0 Å². The first-order valence-electron chi connectivity index (χ1n) is 6.18. The van der Waals surface area contributed by atoms with Crippen LogP contribution in [0.15, 0.2) is 4.99 Å². The number of rotatable bonds is 5. The first-order chi connectivity index (χ1) is 7.51. The number of nitrogens with zero attached hydrogens (tertiary/aromatic N) is 2. The lowest BCUT2D eigenvalue weighted by molar-refractivity contribution is 0.154. The van der Waals surface area contributed by atoms with Gasteiger partial charge >= 0.3 is 6.03 Å². The van der Waals surface area contributed by atoms with Gasteiger partial charge in [-0.1, -0.05) is 27.2 Å². The molecule has 1 rings (SSSR count). The Balaban J connectivity index is 3.00. The van der Waals surface area contributed by atoms with Gasteiger partial charge in [0.05, 0.1) is 0 Å². The van der Waals surface area contributed by atoms with Crippen molar-refractivity contribution in [3.8, 4) is 0 Å². The first-order valence-corrected chi connectivity index (χ1v) is 6.18. The molecule has 0 aliphatic carbocycles. The minimum atomic E-state index is -0.332. The van der Waals surface area contributed by atoms with Crippen LogP contribution in [-0.4, -0.2) is 28.9 Å². The Hall–Kier alpha value is -1.06. The lowest BCUT2D eigenvalue weighted by Gasteiger charge is -2.38. The summed E-state index contributed by atoms with van der Waals surface area (Å²) in [4.78, 5) is 17.5. The number of urea groups is 1. The van der Waals surface area contributed by atoms with Gasteiger partial charge in [0.15, 0.2) is 0 Å². The monoisotopic (exact) mass is 225 g/mol. The first kappa shape index (κ1) is 13.0. The lowest BCUT2D eigenvalue weighted by Crippen LogP contribution is -2.54. The van der Waals surface area contributed by atoms with Crippen LogP contribution in [-0.2, 0) is 0 Å². The molecule has 16 heavy (non-hydrogen) atoms. The highest BCUT2D eigenvalue weighted by molar-refractivity contribution is 6.05. The van der Waals surface area contributed by atoms with Crippen LogP contribution in [0.5, 0.6) is 0 Å². The normalized spacial score (nSPS) is 27.1. The molecule has 1 aliphatic heterocycles. The van der Waals surface area contributed by atoms with Gasteiger partial charge in [0.1, 0.15) is 11.4 Å². The molecule has 1 aliphatic rings. The van der Waals surface area contributed by atoms with Gasteiger partial charge in [0.2, 0.25) is 0 Å². The van der Waals surface area contributed by atoms with E-state index >= 15 is 0 Å². The predicted octanol–water partition coefficient (Wildman–Crippen LogP) is 2.38. The number of hydrogen-bond acceptors (Lipinski definition) is 2. The fraction of sp³-hybridized carbons (Fsp3) is 0.833. The molecule has 0 saturated carbocycles. The molecule has 0 spiro atoms. The number of carbonyl (C=O) groups is 1. The molecule has 0 radical (unpaired) electrons. The van der Waals surface area contributed by atoms with Crippen molar-refractivity contribution in [2.24, 2.45) is 16.6 Å². The molecule has 92 valence electrons. The van der Waals surface area contributed by atoms with Crippen molar-refractivity contribution >= 4 is 11.9 Å². The highest BCUT2D eigenvalue weighted by Crippen LogP contribution is 2.33. The van der Waals surface area contributed by atoms with Crippen LogP contribution in [0.1, 0.15) is 47.0 Å². The summed E-state index contributed by atoms with van der Waals surface area (Å²) in [7, 11) is 0. The second-order valence-corrected chi connectivity index (χ2v) is 4.63. The third-order valence-corrected chi connectivity index (χ3v) is 3.72. The lowest BCUT2D eigenvalue weighted by atomic mass is 9.83. The average molecular weight is 225 g/mol.